The molecule has 0 aromatic carbocycles. The maximum absolute atomic E-state index is 12.9. The maximum Gasteiger partial charge on any atom is 0.253 e. The van der Waals surface area contributed by atoms with E-state index in [4.69, 9.17) is 47.6 Å². The molecule has 2 heterocycles. The highest BCUT2D eigenvalue weighted by Crippen LogP contribution is 2.36. The van der Waals surface area contributed by atoms with Crippen LogP contribution < -0.4 is 39.3 Å². The smallest absolute Gasteiger partial charge is 0.253 e. The van der Waals surface area contributed by atoms with Gasteiger partial charge in [-0.2, -0.15) is 0 Å². The van der Waals surface area contributed by atoms with E-state index in [1.165, 1.54) is 0 Å². The standard InChI is InChI=1S/C25H49N7O10/c26-4-1-5-31-8-10-2-3-11(27)22(39-10)41-20-12(28)6-13(32-24(37)25(38)7-15(25)29)21(19(20)36)42-23-18(35)16(30)17(34)14(9-33)40-23/h10-23,31,33-36,38H,1-9,26-30H2,(H,32,37)/t10-,11+,12-,13+,14+,15?,16-,17+,18+,19-,20+,21-,22+,23+,25?/m0/s1. The monoisotopic (exact) mass is 607 g/mol. The molecule has 0 aromatic rings. The minimum absolute atomic E-state index is 0.0242. The molecule has 42 heavy (non-hydrogen) atoms. The first-order valence-corrected chi connectivity index (χ1v) is 14.6. The maximum atomic E-state index is 12.9. The van der Waals surface area contributed by atoms with Gasteiger partial charge in [-0.15, -0.1) is 0 Å². The molecule has 2 saturated heterocycles. The number of hydrogen-bond acceptors (Lipinski definition) is 16. The lowest BCUT2D eigenvalue weighted by Crippen LogP contribution is -2.69. The molecule has 2 aliphatic heterocycles. The van der Waals surface area contributed by atoms with Gasteiger partial charge >= 0.3 is 0 Å². The van der Waals surface area contributed by atoms with Gasteiger partial charge in [0.05, 0.1) is 30.8 Å². The minimum atomic E-state index is -1.77. The molecule has 17 N–H and O–H groups in total. The van der Waals surface area contributed by atoms with Crippen molar-refractivity contribution < 1.29 is 49.3 Å². The van der Waals surface area contributed by atoms with Crippen LogP contribution in [0.2, 0.25) is 0 Å². The van der Waals surface area contributed by atoms with E-state index in [2.05, 4.69) is 10.6 Å². The third-order valence-electron chi connectivity index (χ3n) is 8.66. The van der Waals surface area contributed by atoms with E-state index >= 15 is 0 Å². The molecule has 17 nitrogen and oxygen atoms in total. The molecular weight excluding hydrogens is 558 g/mol. The summed E-state index contributed by atoms with van der Waals surface area (Å²) in [6.45, 7) is 1.25. The Morgan fingerprint density at radius 2 is 1.64 bits per heavy atom. The number of carbonyl (C=O) groups is 1. The fourth-order valence-electron chi connectivity index (χ4n) is 5.75. The van der Waals surface area contributed by atoms with Crippen LogP contribution in [0.3, 0.4) is 0 Å². The summed E-state index contributed by atoms with van der Waals surface area (Å²) in [5.41, 5.74) is 28.2. The number of hydrogen-bond donors (Lipinski definition) is 12. The second-order valence-corrected chi connectivity index (χ2v) is 11.9. The first kappa shape index (κ1) is 33.8. The van der Waals surface area contributed by atoms with Gasteiger partial charge in [0.1, 0.15) is 36.6 Å². The zero-order chi connectivity index (χ0) is 30.8. The molecule has 244 valence electrons. The van der Waals surface area contributed by atoms with Gasteiger partial charge in [0.15, 0.2) is 18.2 Å². The molecule has 4 fully saturated rings. The number of amides is 1. The summed E-state index contributed by atoms with van der Waals surface area (Å²) in [6.07, 6.45) is -8.37. The van der Waals surface area contributed by atoms with Gasteiger partial charge in [-0.3, -0.25) is 4.79 Å². The lowest BCUT2D eigenvalue weighted by Gasteiger charge is -2.48. The number of aliphatic hydroxyl groups is 5. The summed E-state index contributed by atoms with van der Waals surface area (Å²) in [5.74, 6) is -0.763. The number of nitrogens with two attached hydrogens (primary N) is 5. The fraction of sp³-hybridized carbons (Fsp3) is 0.960. The average molecular weight is 608 g/mol. The Morgan fingerprint density at radius 1 is 0.952 bits per heavy atom. The van der Waals surface area contributed by atoms with Crippen LogP contribution >= 0.6 is 0 Å². The summed E-state index contributed by atoms with van der Waals surface area (Å²) >= 11 is 0. The molecule has 2 unspecified atom stereocenters. The summed E-state index contributed by atoms with van der Waals surface area (Å²) in [6, 6.07) is -4.30. The highest BCUT2D eigenvalue weighted by Gasteiger charge is 2.59. The van der Waals surface area contributed by atoms with E-state index in [1.807, 2.05) is 0 Å². The predicted octanol–water partition coefficient (Wildman–Crippen LogP) is -6.67. The highest BCUT2D eigenvalue weighted by molar-refractivity contribution is 5.89. The zero-order valence-corrected chi connectivity index (χ0v) is 23.6. The Morgan fingerprint density at radius 3 is 2.29 bits per heavy atom. The molecule has 4 aliphatic rings. The van der Waals surface area contributed by atoms with Gasteiger partial charge < -0.3 is 83.8 Å². The van der Waals surface area contributed by atoms with Crippen LogP contribution in [-0.4, -0.2) is 149 Å². The molecule has 2 saturated carbocycles. The van der Waals surface area contributed by atoms with Gasteiger partial charge in [0.25, 0.3) is 5.91 Å². The van der Waals surface area contributed by atoms with E-state index < -0.39 is 97.5 Å². The van der Waals surface area contributed by atoms with E-state index in [0.29, 0.717) is 25.9 Å². The molecule has 15 atom stereocenters. The van der Waals surface area contributed by atoms with Crippen LogP contribution in [0, 0.1) is 0 Å². The fourth-order valence-corrected chi connectivity index (χ4v) is 5.75. The van der Waals surface area contributed by atoms with Gasteiger partial charge in [0, 0.05) is 25.0 Å². The summed E-state index contributed by atoms with van der Waals surface area (Å²) in [5, 5.41) is 58.4. The van der Waals surface area contributed by atoms with Crippen molar-refractivity contribution in [2.45, 2.75) is 123 Å². The third kappa shape index (κ3) is 7.39. The van der Waals surface area contributed by atoms with Crippen molar-refractivity contribution in [1.29, 1.82) is 0 Å². The van der Waals surface area contributed by atoms with Crippen molar-refractivity contribution in [2.24, 2.45) is 28.7 Å². The van der Waals surface area contributed by atoms with Crippen molar-refractivity contribution in [3.05, 3.63) is 0 Å². The zero-order valence-electron chi connectivity index (χ0n) is 23.6. The normalized spacial score (nSPS) is 47.7. The number of rotatable bonds is 12. The van der Waals surface area contributed by atoms with Gasteiger partial charge in [-0.25, -0.2) is 0 Å². The number of ether oxygens (including phenoxy) is 4. The predicted molar refractivity (Wildman–Crippen MR) is 146 cm³/mol. The Labute approximate surface area is 244 Å². The largest absolute Gasteiger partial charge is 0.394 e. The summed E-state index contributed by atoms with van der Waals surface area (Å²) in [7, 11) is 0. The van der Waals surface area contributed by atoms with Crippen molar-refractivity contribution in [3.8, 4) is 0 Å². The first-order chi connectivity index (χ1) is 19.9. The molecule has 0 bridgehead atoms. The minimum Gasteiger partial charge on any atom is -0.394 e. The van der Waals surface area contributed by atoms with Crippen LogP contribution in [-0.2, 0) is 23.7 Å². The lowest BCUT2D eigenvalue weighted by molar-refractivity contribution is -0.314. The van der Waals surface area contributed by atoms with Crippen LogP contribution in [0.15, 0.2) is 0 Å². The molecule has 0 radical (unpaired) electrons. The van der Waals surface area contributed by atoms with Crippen LogP contribution in [0.5, 0.6) is 0 Å². The Bertz CT molecular complexity index is 894. The first-order valence-electron chi connectivity index (χ1n) is 14.6. The molecular formula is C25H49N7O10. The van der Waals surface area contributed by atoms with Gasteiger partial charge in [-0.05, 0) is 38.8 Å². The van der Waals surface area contributed by atoms with Crippen molar-refractivity contribution in [2.75, 3.05) is 26.2 Å². The summed E-state index contributed by atoms with van der Waals surface area (Å²) in [4.78, 5) is 12.9. The molecule has 0 aromatic heterocycles. The topological polar surface area (TPSA) is 309 Å². The Balaban J connectivity index is 1.49. The molecule has 4 rings (SSSR count). The highest BCUT2D eigenvalue weighted by atomic mass is 16.7. The van der Waals surface area contributed by atoms with Crippen LogP contribution in [0.25, 0.3) is 0 Å². The molecule has 17 heteroatoms. The van der Waals surface area contributed by atoms with E-state index in [-0.39, 0.29) is 18.9 Å². The van der Waals surface area contributed by atoms with E-state index in [9.17, 15) is 30.3 Å². The number of nitrogens with one attached hydrogen (secondary N) is 2. The number of carbonyl (C=O) groups excluding carboxylic acids is 1. The SMILES string of the molecule is NCCCNC[C@@H]1CC[C@@H](N)[C@@H](O[C@H]2[C@H](O)[C@@H](O[C@H]3O[C@H](CO)[C@@H](O)[C@H](N)[C@H]3O)[C@H](NC(=O)C3(O)CC3N)C[C@@H]2N)O1. The van der Waals surface area contributed by atoms with Crippen molar-refractivity contribution in [1.82, 2.24) is 10.6 Å². The quantitative estimate of drug-likeness (QED) is 0.0917. The van der Waals surface area contributed by atoms with Crippen molar-refractivity contribution >= 4 is 5.91 Å². The summed E-state index contributed by atoms with van der Waals surface area (Å²) < 4.78 is 23.8. The van der Waals surface area contributed by atoms with Gasteiger partial charge in [-0.1, -0.05) is 0 Å². The van der Waals surface area contributed by atoms with Crippen LogP contribution in [0.1, 0.15) is 32.1 Å². The van der Waals surface area contributed by atoms with Crippen molar-refractivity contribution in [3.63, 3.8) is 0 Å². The molecule has 2 aliphatic carbocycles. The Hall–Kier alpha value is -1.13. The second-order valence-electron chi connectivity index (χ2n) is 11.9. The Kier molecular flexibility index (Phi) is 11.5. The second kappa shape index (κ2) is 14.3. The molecule has 0 spiro atoms. The van der Waals surface area contributed by atoms with E-state index in [1.54, 1.807) is 0 Å². The third-order valence-corrected chi connectivity index (χ3v) is 8.66. The average Bonchev–Trinajstić information content (AvgIpc) is 3.59. The van der Waals surface area contributed by atoms with Crippen LogP contribution in [0.4, 0.5) is 0 Å². The number of aliphatic hydroxyl groups excluding tert-OH is 4. The van der Waals surface area contributed by atoms with Gasteiger partial charge in [0.2, 0.25) is 0 Å². The molecule has 1 amide bonds. The lowest BCUT2D eigenvalue weighted by atomic mass is 9.83. The van der Waals surface area contributed by atoms with E-state index in [0.717, 1.165) is 13.0 Å².